The van der Waals surface area contributed by atoms with E-state index >= 15 is 0 Å². The lowest BCUT2D eigenvalue weighted by Crippen LogP contribution is -2.30. The van der Waals surface area contributed by atoms with Crippen LogP contribution in [0.3, 0.4) is 0 Å². The molecule has 2 aromatic rings. The summed E-state index contributed by atoms with van der Waals surface area (Å²) in [6.07, 6.45) is 2.67. The highest BCUT2D eigenvalue weighted by atomic mass is 16.3. The first kappa shape index (κ1) is 12.7. The number of amides is 2. The van der Waals surface area contributed by atoms with E-state index in [1.165, 1.54) is 0 Å². The van der Waals surface area contributed by atoms with Gasteiger partial charge in [-0.15, -0.1) is 0 Å². The van der Waals surface area contributed by atoms with Gasteiger partial charge < -0.3 is 15.1 Å². The molecule has 0 spiro atoms. The predicted octanol–water partition coefficient (Wildman–Crippen LogP) is 1.31. The maximum atomic E-state index is 11.8. The molecule has 1 saturated heterocycles. The Morgan fingerprint density at radius 2 is 2.25 bits per heavy atom. The average Bonchev–Trinajstić information content (AvgIpc) is 3.02. The van der Waals surface area contributed by atoms with Gasteiger partial charge in [0, 0.05) is 24.9 Å². The Labute approximate surface area is 116 Å². The van der Waals surface area contributed by atoms with Crippen LogP contribution in [0.4, 0.5) is 0 Å². The number of fused-ring (bicyclic) bond motifs is 1. The quantitative estimate of drug-likeness (QED) is 0.911. The first-order valence-corrected chi connectivity index (χ1v) is 6.67. The summed E-state index contributed by atoms with van der Waals surface area (Å²) in [6.45, 7) is 1.06. The minimum absolute atomic E-state index is 0.0122. The van der Waals surface area contributed by atoms with E-state index in [2.05, 4.69) is 6.07 Å². The lowest BCUT2D eigenvalue weighted by molar-refractivity contribution is -0.128. The van der Waals surface area contributed by atoms with Crippen LogP contribution in [-0.2, 0) is 16.0 Å². The molecule has 1 fully saturated rings. The fourth-order valence-corrected chi connectivity index (χ4v) is 2.61. The second-order valence-corrected chi connectivity index (χ2v) is 5.19. The molecule has 1 aromatic heterocycles. The number of carbonyl (C=O) groups excluding carboxylic acids is 2. The van der Waals surface area contributed by atoms with E-state index in [1.54, 1.807) is 11.2 Å². The van der Waals surface area contributed by atoms with Crippen LogP contribution in [0.2, 0.25) is 0 Å². The first-order chi connectivity index (χ1) is 9.63. The molecule has 1 aliphatic heterocycles. The number of furan rings is 1. The third-order valence-corrected chi connectivity index (χ3v) is 3.80. The molecule has 0 radical (unpaired) electrons. The third kappa shape index (κ3) is 2.39. The summed E-state index contributed by atoms with van der Waals surface area (Å²) < 4.78 is 5.29. The Morgan fingerprint density at radius 3 is 3.00 bits per heavy atom. The van der Waals surface area contributed by atoms with E-state index in [1.807, 2.05) is 18.2 Å². The molecule has 1 aromatic carbocycles. The van der Waals surface area contributed by atoms with Gasteiger partial charge in [0.25, 0.3) is 0 Å². The molecule has 2 N–H and O–H groups in total. The van der Waals surface area contributed by atoms with Gasteiger partial charge in [-0.3, -0.25) is 9.59 Å². The maximum absolute atomic E-state index is 11.8. The van der Waals surface area contributed by atoms with Crippen LogP contribution < -0.4 is 5.73 Å². The van der Waals surface area contributed by atoms with Crippen LogP contribution in [0.1, 0.15) is 12.0 Å². The van der Waals surface area contributed by atoms with Crippen molar-refractivity contribution in [1.82, 2.24) is 4.90 Å². The van der Waals surface area contributed by atoms with Gasteiger partial charge in [-0.2, -0.15) is 0 Å². The number of hydrogen-bond acceptors (Lipinski definition) is 3. The highest BCUT2D eigenvalue weighted by Gasteiger charge is 2.32. The van der Waals surface area contributed by atoms with Gasteiger partial charge in [0.2, 0.25) is 11.8 Å². The van der Waals surface area contributed by atoms with Crippen LogP contribution in [0.15, 0.2) is 34.9 Å². The van der Waals surface area contributed by atoms with E-state index < -0.39 is 0 Å². The highest BCUT2D eigenvalue weighted by molar-refractivity contribution is 5.88. The number of likely N-dealkylation sites (tertiary alicyclic amines) is 1. The standard InChI is InChI=1S/C15H16N2O3/c16-15(19)12-8-14(18)17(9-12)5-3-10-1-2-13-11(7-10)4-6-20-13/h1-2,4,6-7,12H,3,5,8-9H2,(H2,16,19). The predicted molar refractivity (Wildman–Crippen MR) is 73.8 cm³/mol. The summed E-state index contributed by atoms with van der Waals surface area (Å²) in [5.74, 6) is -0.710. The highest BCUT2D eigenvalue weighted by Crippen LogP contribution is 2.20. The zero-order chi connectivity index (χ0) is 14.1. The summed E-state index contributed by atoms with van der Waals surface area (Å²) in [7, 11) is 0. The number of carbonyl (C=O) groups is 2. The molecular formula is C15H16N2O3. The topological polar surface area (TPSA) is 76.5 Å². The molecule has 2 amide bonds. The number of benzene rings is 1. The van der Waals surface area contributed by atoms with Gasteiger partial charge in [0.1, 0.15) is 5.58 Å². The zero-order valence-electron chi connectivity index (χ0n) is 11.0. The minimum Gasteiger partial charge on any atom is -0.464 e. The Bertz CT molecular complexity index is 662. The lowest BCUT2D eigenvalue weighted by Gasteiger charge is -2.15. The number of nitrogens with zero attached hydrogens (tertiary/aromatic N) is 1. The largest absolute Gasteiger partial charge is 0.464 e. The van der Waals surface area contributed by atoms with E-state index in [0.29, 0.717) is 13.1 Å². The second-order valence-electron chi connectivity index (χ2n) is 5.19. The van der Waals surface area contributed by atoms with E-state index in [9.17, 15) is 9.59 Å². The Hall–Kier alpha value is -2.30. The second kappa shape index (κ2) is 5.00. The van der Waals surface area contributed by atoms with Crippen molar-refractivity contribution in [3.05, 3.63) is 36.1 Å². The van der Waals surface area contributed by atoms with E-state index in [-0.39, 0.29) is 24.2 Å². The molecule has 20 heavy (non-hydrogen) atoms. The molecule has 5 heteroatoms. The molecule has 0 aliphatic carbocycles. The summed E-state index contributed by atoms with van der Waals surface area (Å²) in [5.41, 5.74) is 7.26. The van der Waals surface area contributed by atoms with Gasteiger partial charge >= 0.3 is 0 Å². The maximum Gasteiger partial charge on any atom is 0.223 e. The Balaban J connectivity index is 1.64. The van der Waals surface area contributed by atoms with Crippen molar-refractivity contribution in [3.63, 3.8) is 0 Å². The fraction of sp³-hybridized carbons (Fsp3) is 0.333. The van der Waals surface area contributed by atoms with Crippen LogP contribution in [0.5, 0.6) is 0 Å². The van der Waals surface area contributed by atoms with Gasteiger partial charge in [0.15, 0.2) is 0 Å². The number of primary amides is 1. The van der Waals surface area contributed by atoms with Gasteiger partial charge in [-0.05, 0) is 30.2 Å². The molecule has 5 nitrogen and oxygen atoms in total. The smallest absolute Gasteiger partial charge is 0.223 e. The number of nitrogens with two attached hydrogens (primary N) is 1. The fourth-order valence-electron chi connectivity index (χ4n) is 2.61. The normalized spacial score (nSPS) is 18.9. The van der Waals surface area contributed by atoms with Crippen molar-refractivity contribution in [2.75, 3.05) is 13.1 Å². The van der Waals surface area contributed by atoms with Crippen molar-refractivity contribution >= 4 is 22.8 Å². The summed E-state index contributed by atoms with van der Waals surface area (Å²) in [6, 6.07) is 7.91. The van der Waals surface area contributed by atoms with Gasteiger partial charge in [0.05, 0.1) is 12.2 Å². The van der Waals surface area contributed by atoms with Crippen molar-refractivity contribution in [2.24, 2.45) is 11.7 Å². The number of rotatable bonds is 4. The zero-order valence-corrected chi connectivity index (χ0v) is 11.0. The van der Waals surface area contributed by atoms with Crippen LogP contribution in [-0.4, -0.2) is 29.8 Å². The van der Waals surface area contributed by atoms with Crippen molar-refractivity contribution in [3.8, 4) is 0 Å². The molecule has 1 unspecified atom stereocenters. The monoisotopic (exact) mass is 272 g/mol. The molecule has 1 aliphatic rings. The Morgan fingerprint density at radius 1 is 1.40 bits per heavy atom. The van der Waals surface area contributed by atoms with Crippen LogP contribution in [0, 0.1) is 5.92 Å². The SMILES string of the molecule is NC(=O)C1CC(=O)N(CCc2ccc3occc3c2)C1. The summed E-state index contributed by atoms with van der Waals surface area (Å²) in [4.78, 5) is 24.6. The molecule has 0 bridgehead atoms. The molecular weight excluding hydrogens is 256 g/mol. The van der Waals surface area contributed by atoms with Crippen molar-refractivity contribution in [2.45, 2.75) is 12.8 Å². The minimum atomic E-state index is -0.388. The molecule has 0 saturated carbocycles. The summed E-state index contributed by atoms with van der Waals surface area (Å²) in [5, 5.41) is 1.06. The summed E-state index contributed by atoms with van der Waals surface area (Å²) >= 11 is 0. The van der Waals surface area contributed by atoms with Crippen LogP contribution in [0.25, 0.3) is 11.0 Å². The average molecular weight is 272 g/mol. The first-order valence-electron chi connectivity index (χ1n) is 6.67. The van der Waals surface area contributed by atoms with E-state index in [0.717, 1.165) is 23.0 Å². The van der Waals surface area contributed by atoms with Gasteiger partial charge in [-0.25, -0.2) is 0 Å². The molecule has 1 atom stereocenters. The van der Waals surface area contributed by atoms with E-state index in [4.69, 9.17) is 10.2 Å². The van der Waals surface area contributed by atoms with Crippen molar-refractivity contribution < 1.29 is 14.0 Å². The number of hydrogen-bond donors (Lipinski definition) is 1. The Kier molecular flexibility index (Phi) is 3.18. The molecule has 104 valence electrons. The molecule has 2 heterocycles. The molecule has 3 rings (SSSR count). The van der Waals surface area contributed by atoms with Crippen molar-refractivity contribution in [1.29, 1.82) is 0 Å². The van der Waals surface area contributed by atoms with Crippen LogP contribution >= 0.6 is 0 Å². The van der Waals surface area contributed by atoms with Gasteiger partial charge in [-0.1, -0.05) is 6.07 Å². The third-order valence-electron chi connectivity index (χ3n) is 3.80. The lowest BCUT2D eigenvalue weighted by atomic mass is 10.1.